The average molecular weight is 272 g/mol. The first-order chi connectivity index (χ1) is 9.61. The highest BCUT2D eigenvalue weighted by atomic mass is 16.5. The lowest BCUT2D eigenvalue weighted by Crippen LogP contribution is -2.01. The molecule has 0 radical (unpaired) electrons. The fourth-order valence-electron chi connectivity index (χ4n) is 2.00. The Morgan fingerprint density at radius 2 is 1.75 bits per heavy atom. The van der Waals surface area contributed by atoms with Crippen molar-refractivity contribution >= 4 is 5.97 Å². The average Bonchev–Trinajstić information content (AvgIpc) is 2.47. The van der Waals surface area contributed by atoms with Gasteiger partial charge in [0.2, 0.25) is 0 Å². The smallest absolute Gasteiger partial charge is 0.305 e. The van der Waals surface area contributed by atoms with E-state index in [0.717, 1.165) is 5.56 Å². The topological polar surface area (TPSA) is 66.8 Å². The Morgan fingerprint density at radius 1 is 1.05 bits per heavy atom. The number of ether oxygens (including phenoxy) is 1. The zero-order valence-corrected chi connectivity index (χ0v) is 11.2. The van der Waals surface area contributed by atoms with Crippen molar-refractivity contribution in [1.82, 2.24) is 0 Å². The van der Waals surface area contributed by atoms with E-state index in [-0.39, 0.29) is 23.9 Å². The van der Waals surface area contributed by atoms with Crippen LogP contribution in [-0.4, -0.2) is 23.3 Å². The quantitative estimate of drug-likeness (QED) is 0.840. The summed E-state index contributed by atoms with van der Waals surface area (Å²) in [5.41, 5.74) is 2.00. The summed E-state index contributed by atoms with van der Waals surface area (Å²) in [6.45, 7) is 0. The first-order valence-corrected chi connectivity index (χ1v) is 6.29. The van der Waals surface area contributed by atoms with Crippen LogP contribution in [0.4, 0.5) is 0 Å². The van der Waals surface area contributed by atoms with E-state index in [1.165, 1.54) is 7.11 Å². The monoisotopic (exact) mass is 272 g/mol. The van der Waals surface area contributed by atoms with E-state index in [0.29, 0.717) is 17.5 Å². The van der Waals surface area contributed by atoms with Gasteiger partial charge in [0.25, 0.3) is 0 Å². The number of methoxy groups -OCH3 is 1. The molecule has 2 aromatic carbocycles. The summed E-state index contributed by atoms with van der Waals surface area (Å²) in [5.74, 6) is -0.0802. The van der Waals surface area contributed by atoms with Gasteiger partial charge in [-0.25, -0.2) is 0 Å². The molecule has 2 N–H and O–H groups in total. The molecule has 0 aromatic heterocycles. The van der Waals surface area contributed by atoms with Crippen molar-refractivity contribution in [3.8, 4) is 22.6 Å². The Morgan fingerprint density at radius 3 is 2.45 bits per heavy atom. The second-order valence-electron chi connectivity index (χ2n) is 4.44. The van der Waals surface area contributed by atoms with Gasteiger partial charge in [-0.15, -0.1) is 0 Å². The lowest BCUT2D eigenvalue weighted by molar-refractivity contribution is -0.140. The van der Waals surface area contributed by atoms with Crippen molar-refractivity contribution in [2.75, 3.05) is 7.11 Å². The Kier molecular flexibility index (Phi) is 4.25. The van der Waals surface area contributed by atoms with Gasteiger partial charge >= 0.3 is 5.97 Å². The van der Waals surface area contributed by atoms with E-state index in [2.05, 4.69) is 4.74 Å². The van der Waals surface area contributed by atoms with Gasteiger partial charge in [0.15, 0.2) is 0 Å². The summed E-state index contributed by atoms with van der Waals surface area (Å²) in [4.78, 5) is 11.1. The predicted molar refractivity (Wildman–Crippen MR) is 75.5 cm³/mol. The third kappa shape index (κ3) is 3.09. The molecule has 0 saturated heterocycles. The number of rotatable bonds is 4. The fraction of sp³-hybridized carbons (Fsp3) is 0.188. The molecule has 4 nitrogen and oxygen atoms in total. The summed E-state index contributed by atoms with van der Waals surface area (Å²) < 4.78 is 4.60. The highest BCUT2D eigenvalue weighted by Gasteiger charge is 2.10. The van der Waals surface area contributed by atoms with Crippen LogP contribution in [0.1, 0.15) is 12.0 Å². The van der Waals surface area contributed by atoms with Crippen LogP contribution in [0.2, 0.25) is 0 Å². The molecule has 0 aliphatic heterocycles. The van der Waals surface area contributed by atoms with Gasteiger partial charge in [0, 0.05) is 17.5 Å². The van der Waals surface area contributed by atoms with Crippen molar-refractivity contribution in [3.63, 3.8) is 0 Å². The van der Waals surface area contributed by atoms with Crippen molar-refractivity contribution in [2.24, 2.45) is 0 Å². The number of phenolic OH excluding ortho intramolecular Hbond substituents is 2. The number of benzene rings is 2. The minimum atomic E-state index is -0.276. The van der Waals surface area contributed by atoms with Gasteiger partial charge in [-0.3, -0.25) is 4.79 Å². The normalized spacial score (nSPS) is 10.2. The predicted octanol–water partition coefficient (Wildman–Crippen LogP) is 2.87. The van der Waals surface area contributed by atoms with E-state index in [9.17, 15) is 15.0 Å². The first-order valence-electron chi connectivity index (χ1n) is 6.29. The van der Waals surface area contributed by atoms with Crippen molar-refractivity contribution in [2.45, 2.75) is 12.8 Å². The van der Waals surface area contributed by atoms with Gasteiger partial charge in [0.05, 0.1) is 7.11 Å². The van der Waals surface area contributed by atoms with Crippen molar-refractivity contribution in [3.05, 3.63) is 48.0 Å². The second kappa shape index (κ2) is 6.10. The minimum absolute atomic E-state index is 0.0910. The summed E-state index contributed by atoms with van der Waals surface area (Å²) in [5, 5.41) is 19.8. The lowest BCUT2D eigenvalue weighted by Gasteiger charge is -2.09. The van der Waals surface area contributed by atoms with Crippen LogP contribution < -0.4 is 0 Å². The highest BCUT2D eigenvalue weighted by molar-refractivity contribution is 5.76. The number of hydrogen-bond acceptors (Lipinski definition) is 4. The molecule has 20 heavy (non-hydrogen) atoms. The van der Waals surface area contributed by atoms with Gasteiger partial charge in [-0.1, -0.05) is 24.3 Å². The molecule has 0 unspecified atom stereocenters. The van der Waals surface area contributed by atoms with Crippen LogP contribution in [0, 0.1) is 0 Å². The van der Waals surface area contributed by atoms with E-state index >= 15 is 0 Å². The van der Waals surface area contributed by atoms with E-state index in [1.54, 1.807) is 42.5 Å². The fourth-order valence-corrected chi connectivity index (χ4v) is 2.00. The third-order valence-corrected chi connectivity index (χ3v) is 3.10. The zero-order valence-electron chi connectivity index (χ0n) is 11.2. The maximum atomic E-state index is 11.1. The summed E-state index contributed by atoms with van der Waals surface area (Å²) in [6, 6.07) is 11.9. The lowest BCUT2D eigenvalue weighted by atomic mass is 9.99. The highest BCUT2D eigenvalue weighted by Crippen LogP contribution is 2.35. The largest absolute Gasteiger partial charge is 0.507 e. The Hall–Kier alpha value is -2.49. The molecule has 4 heteroatoms. The van der Waals surface area contributed by atoms with Crippen LogP contribution in [0.3, 0.4) is 0 Å². The molecule has 104 valence electrons. The number of carbonyl (C=O) groups excluding carboxylic acids is 1. The van der Waals surface area contributed by atoms with Gasteiger partial charge in [0.1, 0.15) is 11.5 Å². The van der Waals surface area contributed by atoms with Crippen LogP contribution >= 0.6 is 0 Å². The number of phenols is 2. The summed E-state index contributed by atoms with van der Waals surface area (Å²) >= 11 is 0. The third-order valence-electron chi connectivity index (χ3n) is 3.10. The molecule has 0 saturated carbocycles. The standard InChI is InChI=1S/C16H16O4/c1-20-16(19)9-7-11-6-8-15(18)13(10-11)12-4-2-3-5-14(12)17/h2-6,8,10,17-18H,7,9H2,1H3. The number of hydrogen-bond donors (Lipinski definition) is 2. The summed E-state index contributed by atoms with van der Waals surface area (Å²) in [6.07, 6.45) is 0.801. The van der Waals surface area contributed by atoms with E-state index < -0.39 is 0 Å². The van der Waals surface area contributed by atoms with Gasteiger partial charge < -0.3 is 14.9 Å². The van der Waals surface area contributed by atoms with Crippen molar-refractivity contribution < 1.29 is 19.7 Å². The molecule has 0 atom stereocenters. The molecule has 0 bridgehead atoms. The van der Waals surface area contributed by atoms with Crippen LogP contribution in [0.25, 0.3) is 11.1 Å². The van der Waals surface area contributed by atoms with E-state index in [1.807, 2.05) is 0 Å². The van der Waals surface area contributed by atoms with Gasteiger partial charge in [-0.05, 0) is 30.2 Å². The molecule has 0 aliphatic carbocycles. The molecule has 0 spiro atoms. The molecule has 2 rings (SSSR count). The number of carbonyl (C=O) groups is 1. The molecular formula is C16H16O4. The Balaban J connectivity index is 2.30. The SMILES string of the molecule is COC(=O)CCc1ccc(O)c(-c2ccccc2O)c1. The maximum absolute atomic E-state index is 11.1. The Labute approximate surface area is 117 Å². The second-order valence-corrected chi connectivity index (χ2v) is 4.44. The van der Waals surface area contributed by atoms with E-state index in [4.69, 9.17) is 0 Å². The Bertz CT molecular complexity index is 620. The maximum Gasteiger partial charge on any atom is 0.305 e. The van der Waals surface area contributed by atoms with Crippen LogP contribution in [0.15, 0.2) is 42.5 Å². The number of aryl methyl sites for hydroxylation is 1. The zero-order chi connectivity index (χ0) is 14.5. The molecule has 0 aliphatic rings. The first kappa shape index (κ1) is 13.9. The number of para-hydroxylation sites is 1. The molecular weight excluding hydrogens is 256 g/mol. The van der Waals surface area contributed by atoms with Crippen LogP contribution in [-0.2, 0) is 16.0 Å². The van der Waals surface area contributed by atoms with Gasteiger partial charge in [-0.2, -0.15) is 0 Å². The number of aromatic hydroxyl groups is 2. The summed E-state index contributed by atoms with van der Waals surface area (Å²) in [7, 11) is 1.35. The molecule has 0 fully saturated rings. The minimum Gasteiger partial charge on any atom is -0.507 e. The molecule has 0 heterocycles. The molecule has 0 amide bonds. The van der Waals surface area contributed by atoms with Crippen molar-refractivity contribution in [1.29, 1.82) is 0 Å². The molecule has 2 aromatic rings. The number of esters is 1. The van der Waals surface area contributed by atoms with Crippen LogP contribution in [0.5, 0.6) is 11.5 Å².